The van der Waals surface area contributed by atoms with Gasteiger partial charge in [0.15, 0.2) is 0 Å². The summed E-state index contributed by atoms with van der Waals surface area (Å²) >= 11 is 1.76. The van der Waals surface area contributed by atoms with Crippen molar-refractivity contribution in [1.29, 1.82) is 0 Å². The standard InChI is InChI=1S/C24H30N4O2S/c29-22(14-17-6-1-2-7-17)28-11-4-3-9-21(28)23-25-20-16-27(15-18-8-5-13-31-18)12-10-19(20)24(30)26-23/h1,5-6,8,13,17,21H,2-4,7,9-12,14-16H2,(H,25,26,30)/t17-,21+/m1/s1. The van der Waals surface area contributed by atoms with E-state index in [1.165, 1.54) is 4.88 Å². The Balaban J connectivity index is 1.36. The molecule has 0 unspecified atom stereocenters. The highest BCUT2D eigenvalue weighted by Crippen LogP contribution is 2.32. The van der Waals surface area contributed by atoms with Gasteiger partial charge in [-0.2, -0.15) is 0 Å². The molecule has 164 valence electrons. The first kappa shape index (κ1) is 20.6. The number of rotatable bonds is 5. The van der Waals surface area contributed by atoms with Crippen molar-refractivity contribution in [3.63, 3.8) is 0 Å². The molecular formula is C24H30N4O2S. The molecule has 1 N–H and O–H groups in total. The molecule has 6 nitrogen and oxygen atoms in total. The number of hydrogen-bond donors (Lipinski definition) is 1. The van der Waals surface area contributed by atoms with Crippen LogP contribution in [0.1, 0.15) is 66.5 Å². The molecule has 1 amide bonds. The molecular weight excluding hydrogens is 408 g/mol. The summed E-state index contributed by atoms with van der Waals surface area (Å²) in [5, 5.41) is 2.10. The predicted octanol–water partition coefficient (Wildman–Crippen LogP) is 3.80. The molecule has 1 saturated heterocycles. The van der Waals surface area contributed by atoms with Crippen LogP contribution in [0.2, 0.25) is 0 Å². The van der Waals surface area contributed by atoms with Gasteiger partial charge in [-0.15, -0.1) is 11.3 Å². The maximum absolute atomic E-state index is 13.1. The molecule has 3 aliphatic rings. The second-order valence-electron chi connectivity index (χ2n) is 8.98. The van der Waals surface area contributed by atoms with Gasteiger partial charge in [0.1, 0.15) is 5.82 Å². The minimum Gasteiger partial charge on any atom is -0.332 e. The Kier molecular flexibility index (Phi) is 6.05. The van der Waals surface area contributed by atoms with Gasteiger partial charge in [-0.05, 0) is 55.9 Å². The number of amides is 1. The maximum atomic E-state index is 13.1. The van der Waals surface area contributed by atoms with Crippen molar-refractivity contribution in [2.45, 2.75) is 64.1 Å². The van der Waals surface area contributed by atoms with Crippen LogP contribution in [0.3, 0.4) is 0 Å². The van der Waals surface area contributed by atoms with Gasteiger partial charge in [-0.3, -0.25) is 14.5 Å². The molecule has 2 aromatic heterocycles. The number of carbonyl (C=O) groups excluding carboxylic acids is 1. The van der Waals surface area contributed by atoms with Gasteiger partial charge in [0, 0.05) is 43.0 Å². The van der Waals surface area contributed by atoms with Gasteiger partial charge in [0.25, 0.3) is 5.56 Å². The molecule has 4 heterocycles. The average Bonchev–Trinajstić information content (AvgIpc) is 3.48. The van der Waals surface area contributed by atoms with Gasteiger partial charge < -0.3 is 9.88 Å². The number of fused-ring (bicyclic) bond motifs is 1. The SMILES string of the molecule is O=C(C[C@@H]1C=CCC1)N1CCCC[C@H]1c1nc2c(c(=O)[nH]1)CCN(Cc1cccs1)C2. The summed E-state index contributed by atoms with van der Waals surface area (Å²) in [4.78, 5) is 39.7. The van der Waals surface area contributed by atoms with Gasteiger partial charge in [-0.1, -0.05) is 18.2 Å². The first-order valence-electron chi connectivity index (χ1n) is 11.5. The van der Waals surface area contributed by atoms with E-state index in [9.17, 15) is 9.59 Å². The monoisotopic (exact) mass is 438 g/mol. The molecule has 31 heavy (non-hydrogen) atoms. The third kappa shape index (κ3) is 4.53. The summed E-state index contributed by atoms with van der Waals surface area (Å²) in [5.74, 6) is 1.23. The van der Waals surface area contributed by atoms with E-state index < -0.39 is 0 Å². The normalized spacial score (nSPS) is 23.8. The lowest BCUT2D eigenvalue weighted by Gasteiger charge is -2.36. The number of aromatic nitrogens is 2. The molecule has 0 spiro atoms. The molecule has 0 bridgehead atoms. The van der Waals surface area contributed by atoms with Crippen molar-refractivity contribution in [2.75, 3.05) is 13.1 Å². The van der Waals surface area contributed by atoms with Gasteiger partial charge in [0.2, 0.25) is 5.91 Å². The van der Waals surface area contributed by atoms with Gasteiger partial charge >= 0.3 is 0 Å². The van der Waals surface area contributed by atoms with Crippen molar-refractivity contribution in [2.24, 2.45) is 5.92 Å². The number of nitrogens with zero attached hydrogens (tertiary/aromatic N) is 3. The number of aromatic amines is 1. The topological polar surface area (TPSA) is 69.3 Å². The lowest BCUT2D eigenvalue weighted by Crippen LogP contribution is -2.41. The van der Waals surface area contributed by atoms with E-state index in [4.69, 9.17) is 4.98 Å². The molecule has 0 saturated carbocycles. The molecule has 2 atom stereocenters. The largest absolute Gasteiger partial charge is 0.332 e. The number of H-pyrrole nitrogens is 1. The highest BCUT2D eigenvalue weighted by atomic mass is 32.1. The van der Waals surface area contributed by atoms with Crippen molar-refractivity contribution >= 4 is 17.2 Å². The first-order chi connectivity index (χ1) is 15.2. The number of likely N-dealkylation sites (tertiary alicyclic amines) is 1. The molecule has 1 fully saturated rings. The summed E-state index contributed by atoms with van der Waals surface area (Å²) in [6.45, 7) is 3.21. The minimum absolute atomic E-state index is 0.0209. The fraction of sp³-hybridized carbons (Fsp3) is 0.542. The Morgan fingerprint density at radius 3 is 3.00 bits per heavy atom. The smallest absolute Gasteiger partial charge is 0.254 e. The Labute approximate surface area is 187 Å². The average molecular weight is 439 g/mol. The van der Waals surface area contributed by atoms with Crippen LogP contribution in [0.15, 0.2) is 34.5 Å². The Morgan fingerprint density at radius 2 is 2.19 bits per heavy atom. The van der Waals surface area contributed by atoms with Crippen LogP contribution in [-0.2, 0) is 24.3 Å². The van der Waals surface area contributed by atoms with E-state index in [0.29, 0.717) is 24.7 Å². The molecule has 0 radical (unpaired) electrons. The second-order valence-corrected chi connectivity index (χ2v) is 10.0. The summed E-state index contributed by atoms with van der Waals surface area (Å²) in [7, 11) is 0. The number of hydrogen-bond acceptors (Lipinski definition) is 5. The first-order valence-corrected chi connectivity index (χ1v) is 12.4. The van der Waals surface area contributed by atoms with Gasteiger partial charge in [0.05, 0.1) is 11.7 Å². The van der Waals surface area contributed by atoms with E-state index in [1.807, 2.05) is 4.90 Å². The van der Waals surface area contributed by atoms with Crippen LogP contribution >= 0.6 is 11.3 Å². The number of nitrogens with one attached hydrogen (secondary N) is 1. The van der Waals surface area contributed by atoms with Crippen LogP contribution in [-0.4, -0.2) is 38.8 Å². The lowest BCUT2D eigenvalue weighted by molar-refractivity contribution is -0.136. The maximum Gasteiger partial charge on any atom is 0.254 e. The third-order valence-corrected chi connectivity index (χ3v) is 7.68. The van der Waals surface area contributed by atoms with E-state index in [1.54, 1.807) is 11.3 Å². The van der Waals surface area contributed by atoms with Crippen molar-refractivity contribution in [3.8, 4) is 0 Å². The fourth-order valence-electron chi connectivity index (χ4n) is 5.15. The highest BCUT2D eigenvalue weighted by Gasteiger charge is 2.32. The number of carbonyl (C=O) groups is 1. The molecule has 0 aromatic carbocycles. The number of thiophene rings is 1. The highest BCUT2D eigenvalue weighted by molar-refractivity contribution is 7.09. The van der Waals surface area contributed by atoms with E-state index in [-0.39, 0.29) is 17.5 Å². The fourth-order valence-corrected chi connectivity index (χ4v) is 5.90. The van der Waals surface area contributed by atoms with Crippen molar-refractivity contribution < 1.29 is 4.79 Å². The molecule has 2 aromatic rings. The van der Waals surface area contributed by atoms with Crippen LogP contribution in [0.5, 0.6) is 0 Å². The van der Waals surface area contributed by atoms with E-state index >= 15 is 0 Å². The van der Waals surface area contributed by atoms with Crippen LogP contribution < -0.4 is 5.56 Å². The summed E-state index contributed by atoms with van der Waals surface area (Å²) in [6, 6.07) is 4.12. The molecule has 7 heteroatoms. The van der Waals surface area contributed by atoms with Crippen LogP contribution in [0, 0.1) is 5.92 Å². The summed E-state index contributed by atoms with van der Waals surface area (Å²) in [5.41, 5.74) is 1.68. The van der Waals surface area contributed by atoms with Crippen LogP contribution in [0.4, 0.5) is 0 Å². The Morgan fingerprint density at radius 1 is 1.26 bits per heavy atom. The van der Waals surface area contributed by atoms with E-state index in [2.05, 4.69) is 39.5 Å². The Bertz CT molecular complexity index is 1010. The van der Waals surface area contributed by atoms with Gasteiger partial charge in [-0.25, -0.2) is 4.98 Å². The van der Waals surface area contributed by atoms with Crippen molar-refractivity contribution in [3.05, 3.63) is 62.0 Å². The minimum atomic E-state index is -0.114. The zero-order chi connectivity index (χ0) is 21.2. The summed E-state index contributed by atoms with van der Waals surface area (Å²) in [6.07, 6.45) is 10.7. The third-order valence-electron chi connectivity index (χ3n) is 6.82. The number of allylic oxidation sites excluding steroid dienone is 2. The van der Waals surface area contributed by atoms with Crippen molar-refractivity contribution in [1.82, 2.24) is 19.8 Å². The second kappa shape index (κ2) is 9.09. The zero-order valence-corrected chi connectivity index (χ0v) is 18.7. The zero-order valence-electron chi connectivity index (χ0n) is 17.9. The van der Waals surface area contributed by atoms with Crippen LogP contribution in [0.25, 0.3) is 0 Å². The molecule has 2 aliphatic heterocycles. The molecule has 5 rings (SSSR count). The lowest BCUT2D eigenvalue weighted by atomic mass is 9.97. The quantitative estimate of drug-likeness (QED) is 0.721. The van der Waals surface area contributed by atoms with E-state index in [0.717, 1.165) is 69.4 Å². The number of piperidine rings is 1. The molecule has 1 aliphatic carbocycles. The summed E-state index contributed by atoms with van der Waals surface area (Å²) < 4.78 is 0. The Hall–Kier alpha value is -2.25. The predicted molar refractivity (Wildman–Crippen MR) is 122 cm³/mol.